The highest BCUT2D eigenvalue weighted by molar-refractivity contribution is 5.91. The Morgan fingerprint density at radius 1 is 0.897 bits per heavy atom. The van der Waals surface area contributed by atoms with E-state index in [9.17, 15) is 9.59 Å². The SMILES string of the molecule is CCCCCC[C@@H](C)Oc1ccc(OC(=O)C2(OC(=O)[C@H](C)OCCC)C=CC(c3ccccc3)=CC2)cc1. The summed E-state index contributed by atoms with van der Waals surface area (Å²) in [6.45, 7) is 8.27. The first-order chi connectivity index (χ1) is 18.9. The van der Waals surface area contributed by atoms with E-state index in [4.69, 9.17) is 18.9 Å². The average Bonchev–Trinajstić information content (AvgIpc) is 2.95. The number of rotatable bonds is 15. The molecule has 210 valence electrons. The summed E-state index contributed by atoms with van der Waals surface area (Å²) >= 11 is 0. The van der Waals surface area contributed by atoms with Crippen molar-refractivity contribution in [3.05, 3.63) is 78.4 Å². The molecule has 0 heterocycles. The number of carbonyl (C=O) groups excluding carboxylic acids is 2. The Morgan fingerprint density at radius 3 is 2.26 bits per heavy atom. The molecule has 1 unspecified atom stereocenters. The van der Waals surface area contributed by atoms with Crippen molar-refractivity contribution < 1.29 is 28.5 Å². The van der Waals surface area contributed by atoms with E-state index in [2.05, 4.69) is 13.8 Å². The Kier molecular flexibility index (Phi) is 11.8. The van der Waals surface area contributed by atoms with Crippen LogP contribution in [0.25, 0.3) is 5.57 Å². The van der Waals surface area contributed by atoms with Crippen LogP contribution in [0.3, 0.4) is 0 Å². The quantitative estimate of drug-likeness (QED) is 0.134. The maximum Gasteiger partial charge on any atom is 0.360 e. The number of benzene rings is 2. The molecule has 0 fully saturated rings. The lowest BCUT2D eigenvalue weighted by Gasteiger charge is -2.31. The van der Waals surface area contributed by atoms with Gasteiger partial charge in [-0.25, -0.2) is 9.59 Å². The first kappa shape index (κ1) is 30.2. The van der Waals surface area contributed by atoms with E-state index in [1.54, 1.807) is 43.3 Å². The maximum atomic E-state index is 13.5. The minimum atomic E-state index is -1.60. The van der Waals surface area contributed by atoms with Crippen LogP contribution in [0.4, 0.5) is 0 Å². The molecule has 2 aromatic rings. The molecule has 3 rings (SSSR count). The molecule has 1 aliphatic carbocycles. The van der Waals surface area contributed by atoms with Gasteiger partial charge in [0.15, 0.2) is 6.10 Å². The monoisotopic (exact) mass is 534 g/mol. The number of esters is 2. The van der Waals surface area contributed by atoms with Crippen LogP contribution in [-0.2, 0) is 19.1 Å². The zero-order chi connectivity index (χ0) is 28.1. The standard InChI is InChI=1S/C33H42O6/c1-5-7-8-10-13-25(3)37-29-16-18-30(19-17-29)38-32(35)33(39-31(34)26(4)36-24-6-2)22-20-28(21-23-33)27-14-11-9-12-15-27/h9,11-12,14-22,25-26H,5-8,10,13,23-24H2,1-4H3/t25-,26+,33?/m1/s1. The van der Waals surface area contributed by atoms with Crippen molar-refractivity contribution in [3.8, 4) is 11.5 Å². The Morgan fingerprint density at radius 2 is 1.62 bits per heavy atom. The molecular formula is C33H42O6. The van der Waals surface area contributed by atoms with Gasteiger partial charge in [0.2, 0.25) is 5.60 Å². The van der Waals surface area contributed by atoms with E-state index in [1.165, 1.54) is 19.3 Å². The molecule has 0 spiro atoms. The van der Waals surface area contributed by atoms with Crippen molar-refractivity contribution in [1.82, 2.24) is 0 Å². The van der Waals surface area contributed by atoms with Gasteiger partial charge >= 0.3 is 11.9 Å². The van der Waals surface area contributed by atoms with E-state index in [-0.39, 0.29) is 12.5 Å². The number of hydrogen-bond acceptors (Lipinski definition) is 6. The lowest BCUT2D eigenvalue weighted by molar-refractivity contribution is -0.178. The lowest BCUT2D eigenvalue weighted by Crippen LogP contribution is -2.46. The third-order valence-corrected chi connectivity index (χ3v) is 6.63. The smallest absolute Gasteiger partial charge is 0.360 e. The lowest BCUT2D eigenvalue weighted by atomic mass is 9.89. The second-order valence-corrected chi connectivity index (χ2v) is 10.0. The summed E-state index contributed by atoms with van der Waals surface area (Å²) in [6.07, 6.45) is 11.3. The summed E-state index contributed by atoms with van der Waals surface area (Å²) in [5.41, 5.74) is 0.356. The van der Waals surface area contributed by atoms with E-state index >= 15 is 0 Å². The normalized spacial score (nSPS) is 18.1. The van der Waals surface area contributed by atoms with Crippen molar-refractivity contribution >= 4 is 17.5 Å². The van der Waals surface area contributed by atoms with Gasteiger partial charge in [0.25, 0.3) is 0 Å². The van der Waals surface area contributed by atoms with E-state index in [0.29, 0.717) is 18.1 Å². The highest BCUT2D eigenvalue weighted by Gasteiger charge is 2.44. The maximum absolute atomic E-state index is 13.5. The number of ether oxygens (including phenoxy) is 4. The Bertz CT molecular complexity index is 1100. The number of unbranched alkanes of at least 4 members (excludes halogenated alkanes) is 3. The van der Waals surface area contributed by atoms with E-state index < -0.39 is 23.6 Å². The van der Waals surface area contributed by atoms with Gasteiger partial charge in [-0.15, -0.1) is 0 Å². The summed E-state index contributed by atoms with van der Waals surface area (Å²) in [4.78, 5) is 26.4. The largest absolute Gasteiger partial charge is 0.491 e. The van der Waals surface area contributed by atoms with Gasteiger partial charge < -0.3 is 18.9 Å². The van der Waals surface area contributed by atoms with E-state index in [1.807, 2.05) is 43.3 Å². The summed E-state index contributed by atoms with van der Waals surface area (Å²) in [5.74, 6) is -0.219. The third kappa shape index (κ3) is 9.10. The minimum Gasteiger partial charge on any atom is -0.491 e. The summed E-state index contributed by atoms with van der Waals surface area (Å²) < 4.78 is 23.1. The van der Waals surface area contributed by atoms with Crippen molar-refractivity contribution in [2.45, 2.75) is 90.4 Å². The van der Waals surface area contributed by atoms with Crippen LogP contribution in [0.2, 0.25) is 0 Å². The zero-order valence-electron chi connectivity index (χ0n) is 23.7. The fraction of sp³-hybridized carbons (Fsp3) is 0.455. The predicted octanol–water partition coefficient (Wildman–Crippen LogP) is 7.47. The Labute approximate surface area is 233 Å². The van der Waals surface area contributed by atoms with Crippen molar-refractivity contribution in [3.63, 3.8) is 0 Å². The molecule has 0 aliphatic heterocycles. The van der Waals surface area contributed by atoms with Gasteiger partial charge in [0.1, 0.15) is 11.5 Å². The van der Waals surface area contributed by atoms with Crippen LogP contribution in [0.15, 0.2) is 72.8 Å². The molecule has 0 N–H and O–H groups in total. The first-order valence-electron chi connectivity index (χ1n) is 14.1. The third-order valence-electron chi connectivity index (χ3n) is 6.63. The van der Waals surface area contributed by atoms with Crippen LogP contribution in [0.5, 0.6) is 11.5 Å². The van der Waals surface area contributed by atoms with E-state index in [0.717, 1.165) is 30.4 Å². The molecule has 6 heteroatoms. The molecule has 2 aromatic carbocycles. The van der Waals surface area contributed by atoms with Crippen LogP contribution >= 0.6 is 0 Å². The number of allylic oxidation sites excluding steroid dienone is 2. The summed E-state index contributed by atoms with van der Waals surface area (Å²) in [6, 6.07) is 16.8. The fourth-order valence-electron chi connectivity index (χ4n) is 4.29. The van der Waals surface area contributed by atoms with Crippen molar-refractivity contribution in [2.24, 2.45) is 0 Å². The molecule has 3 atom stereocenters. The van der Waals surface area contributed by atoms with Crippen LogP contribution in [-0.4, -0.2) is 36.4 Å². The van der Waals surface area contributed by atoms with Gasteiger partial charge in [-0.05, 0) is 74.6 Å². The molecule has 0 bridgehead atoms. The van der Waals surface area contributed by atoms with Gasteiger partial charge in [-0.3, -0.25) is 0 Å². The molecule has 39 heavy (non-hydrogen) atoms. The first-order valence-corrected chi connectivity index (χ1v) is 14.1. The zero-order valence-corrected chi connectivity index (χ0v) is 23.7. The highest BCUT2D eigenvalue weighted by Crippen LogP contribution is 2.32. The van der Waals surface area contributed by atoms with Gasteiger partial charge in [-0.1, -0.05) is 75.6 Å². The van der Waals surface area contributed by atoms with Crippen LogP contribution in [0.1, 0.15) is 78.2 Å². The molecule has 6 nitrogen and oxygen atoms in total. The Hall–Kier alpha value is -3.38. The highest BCUT2D eigenvalue weighted by atomic mass is 16.6. The molecule has 0 saturated carbocycles. The van der Waals surface area contributed by atoms with Crippen LogP contribution < -0.4 is 9.47 Å². The average molecular weight is 535 g/mol. The van der Waals surface area contributed by atoms with Crippen molar-refractivity contribution in [2.75, 3.05) is 6.61 Å². The summed E-state index contributed by atoms with van der Waals surface area (Å²) in [5, 5.41) is 0. The molecule has 0 saturated heterocycles. The van der Waals surface area contributed by atoms with Gasteiger partial charge in [0, 0.05) is 13.0 Å². The number of carbonyl (C=O) groups is 2. The number of hydrogen-bond donors (Lipinski definition) is 0. The van der Waals surface area contributed by atoms with Crippen LogP contribution in [0, 0.1) is 0 Å². The molecule has 0 amide bonds. The second-order valence-electron chi connectivity index (χ2n) is 10.0. The fourth-order valence-corrected chi connectivity index (χ4v) is 4.29. The topological polar surface area (TPSA) is 71.1 Å². The predicted molar refractivity (Wildman–Crippen MR) is 154 cm³/mol. The van der Waals surface area contributed by atoms with Crippen molar-refractivity contribution in [1.29, 1.82) is 0 Å². The molecule has 0 aromatic heterocycles. The molecule has 0 radical (unpaired) electrons. The second kappa shape index (κ2) is 15.3. The van der Waals surface area contributed by atoms with Gasteiger partial charge in [-0.2, -0.15) is 0 Å². The minimum absolute atomic E-state index is 0.104. The summed E-state index contributed by atoms with van der Waals surface area (Å²) in [7, 11) is 0. The Balaban J connectivity index is 1.69. The molecular weight excluding hydrogens is 492 g/mol. The van der Waals surface area contributed by atoms with Gasteiger partial charge in [0.05, 0.1) is 6.10 Å². The molecule has 1 aliphatic rings.